The van der Waals surface area contributed by atoms with Crippen LogP contribution in [0.1, 0.15) is 17.0 Å². The molecule has 32 heavy (non-hydrogen) atoms. The van der Waals surface area contributed by atoms with E-state index in [0.717, 1.165) is 27.1 Å². The first-order valence-electron chi connectivity index (χ1n) is 9.78. The minimum atomic E-state index is -0.508. The van der Waals surface area contributed by atoms with Crippen LogP contribution in [-0.2, 0) is 25.3 Å². The lowest BCUT2D eigenvalue weighted by Crippen LogP contribution is -2.09. The Kier molecular flexibility index (Phi) is 5.80. The van der Waals surface area contributed by atoms with E-state index in [9.17, 15) is 14.0 Å². The molecule has 0 aliphatic rings. The number of benzene rings is 2. The van der Waals surface area contributed by atoms with Gasteiger partial charge in [-0.2, -0.15) is 9.78 Å². The number of halogens is 1. The molecule has 0 spiro atoms. The molecule has 4 rings (SSSR count). The van der Waals surface area contributed by atoms with Gasteiger partial charge >= 0.3 is 5.76 Å². The first kappa shape index (κ1) is 21.0. The van der Waals surface area contributed by atoms with Crippen LogP contribution in [0.3, 0.4) is 0 Å². The second-order valence-corrected chi connectivity index (χ2v) is 7.16. The Balaban J connectivity index is 1.42. The van der Waals surface area contributed by atoms with Crippen molar-refractivity contribution in [3.05, 3.63) is 94.2 Å². The largest absolute Gasteiger partial charge is 0.436 e. The van der Waals surface area contributed by atoms with Crippen LogP contribution in [0.4, 0.5) is 10.1 Å². The van der Waals surface area contributed by atoms with Crippen molar-refractivity contribution in [2.45, 2.75) is 6.42 Å². The van der Waals surface area contributed by atoms with Crippen LogP contribution < -0.4 is 11.1 Å². The third kappa shape index (κ3) is 4.72. The van der Waals surface area contributed by atoms with E-state index in [-0.39, 0.29) is 11.7 Å². The number of amides is 1. The molecular weight excluding hydrogens is 413 g/mol. The number of aryl methyl sites for hydroxylation is 2. The van der Waals surface area contributed by atoms with E-state index < -0.39 is 5.76 Å². The minimum absolute atomic E-state index is 0.303. The molecule has 1 amide bonds. The third-order valence-corrected chi connectivity index (χ3v) is 4.81. The zero-order valence-corrected chi connectivity index (χ0v) is 17.4. The second kappa shape index (κ2) is 8.84. The molecule has 0 aliphatic carbocycles. The Hall–Kier alpha value is -4.27. The molecule has 2 aromatic carbocycles. The van der Waals surface area contributed by atoms with Crippen molar-refractivity contribution in [3.63, 3.8) is 0 Å². The van der Waals surface area contributed by atoms with Gasteiger partial charge in [-0.05, 0) is 48.0 Å². The van der Waals surface area contributed by atoms with Gasteiger partial charge in [0.15, 0.2) is 0 Å². The number of nitrogens with one attached hydrogen (secondary N) is 1. The normalized spacial score (nSPS) is 11.2. The van der Waals surface area contributed by atoms with Crippen LogP contribution in [-0.4, -0.2) is 25.5 Å². The van der Waals surface area contributed by atoms with Crippen molar-refractivity contribution in [2.24, 2.45) is 14.1 Å². The fourth-order valence-electron chi connectivity index (χ4n) is 3.23. The summed E-state index contributed by atoms with van der Waals surface area (Å²) in [6.07, 6.45) is 5.10. The number of anilines is 1. The van der Waals surface area contributed by atoms with Crippen LogP contribution in [0.2, 0.25) is 0 Å². The fourth-order valence-corrected chi connectivity index (χ4v) is 3.23. The highest BCUT2D eigenvalue weighted by atomic mass is 19.1. The van der Waals surface area contributed by atoms with Crippen LogP contribution in [0, 0.1) is 5.82 Å². The summed E-state index contributed by atoms with van der Waals surface area (Å²) in [5, 5.41) is 11.0. The predicted octanol–water partition coefficient (Wildman–Crippen LogP) is 3.16. The Morgan fingerprint density at radius 3 is 2.47 bits per heavy atom. The average molecular weight is 433 g/mol. The molecule has 8 nitrogen and oxygen atoms in total. The summed E-state index contributed by atoms with van der Waals surface area (Å²) in [5.41, 5.74) is 3.82. The molecule has 9 heteroatoms. The summed E-state index contributed by atoms with van der Waals surface area (Å²) in [4.78, 5) is 23.7. The molecule has 0 unspecified atom stereocenters. The summed E-state index contributed by atoms with van der Waals surface area (Å²) in [5.74, 6) is -0.803. The Morgan fingerprint density at radius 1 is 1.09 bits per heavy atom. The number of carbonyl (C=O) groups excluding carboxylic acids is 1. The van der Waals surface area contributed by atoms with E-state index >= 15 is 0 Å². The van der Waals surface area contributed by atoms with Gasteiger partial charge in [0.05, 0.1) is 18.3 Å². The van der Waals surface area contributed by atoms with Gasteiger partial charge in [0.25, 0.3) is 0 Å². The fraction of sp³-hybridized carbons (Fsp3) is 0.130. The summed E-state index contributed by atoms with van der Waals surface area (Å²) < 4.78 is 21.1. The molecule has 4 aromatic rings. The van der Waals surface area contributed by atoms with Gasteiger partial charge in [0.1, 0.15) is 5.82 Å². The van der Waals surface area contributed by atoms with Gasteiger partial charge in [-0.25, -0.2) is 9.18 Å². The van der Waals surface area contributed by atoms with E-state index in [1.54, 1.807) is 48.3 Å². The zero-order chi connectivity index (χ0) is 22.7. The topological polar surface area (TPSA) is 95.0 Å². The molecule has 0 saturated heterocycles. The van der Waals surface area contributed by atoms with E-state index in [1.807, 2.05) is 12.1 Å². The summed E-state index contributed by atoms with van der Waals surface area (Å²) in [7, 11) is 3.31. The number of carbonyl (C=O) groups is 1. The third-order valence-electron chi connectivity index (χ3n) is 4.81. The van der Waals surface area contributed by atoms with Crippen molar-refractivity contribution in [3.8, 4) is 11.3 Å². The molecule has 2 heterocycles. The van der Waals surface area contributed by atoms with Crippen LogP contribution >= 0.6 is 0 Å². The standard InChI is InChI=1S/C23H20FN5O3/c1-28-22(16-5-8-18(24)9-6-16)17(14-25-28)7-12-20(30)26-19-10-3-15(4-11-19)13-21-27-29(2)23(31)32-21/h3-12,14H,13H2,1-2H3,(H,26,30). The molecule has 0 atom stereocenters. The van der Waals surface area contributed by atoms with Crippen molar-refractivity contribution < 1.29 is 13.6 Å². The van der Waals surface area contributed by atoms with Gasteiger partial charge in [0.2, 0.25) is 11.8 Å². The number of rotatable bonds is 6. The van der Waals surface area contributed by atoms with E-state index in [0.29, 0.717) is 18.0 Å². The maximum atomic E-state index is 13.2. The maximum Gasteiger partial charge on any atom is 0.436 e. The Morgan fingerprint density at radius 2 is 1.81 bits per heavy atom. The number of hydrogen-bond acceptors (Lipinski definition) is 5. The molecule has 2 aromatic heterocycles. The minimum Gasteiger partial charge on any atom is -0.392 e. The first-order chi connectivity index (χ1) is 15.4. The van der Waals surface area contributed by atoms with E-state index in [1.165, 1.54) is 25.3 Å². The average Bonchev–Trinajstić information content (AvgIpc) is 3.29. The van der Waals surface area contributed by atoms with Gasteiger partial charge in [-0.1, -0.05) is 12.1 Å². The van der Waals surface area contributed by atoms with Gasteiger partial charge in [-0.15, -0.1) is 5.10 Å². The SMILES string of the molecule is Cn1ncc(C=CC(=O)Nc2ccc(Cc3nn(C)c(=O)o3)cc2)c1-c1ccc(F)cc1. The lowest BCUT2D eigenvalue weighted by molar-refractivity contribution is -0.111. The van der Waals surface area contributed by atoms with Crippen molar-refractivity contribution >= 4 is 17.7 Å². The van der Waals surface area contributed by atoms with Crippen molar-refractivity contribution in [1.82, 2.24) is 19.6 Å². The quantitative estimate of drug-likeness (QED) is 0.472. The lowest BCUT2D eigenvalue weighted by atomic mass is 10.1. The Labute approximate surface area is 182 Å². The van der Waals surface area contributed by atoms with Crippen LogP contribution in [0.25, 0.3) is 17.3 Å². The Bertz CT molecular complexity index is 1330. The molecule has 0 radical (unpaired) electrons. The zero-order valence-electron chi connectivity index (χ0n) is 17.4. The molecule has 0 aliphatic heterocycles. The first-order valence-corrected chi connectivity index (χ1v) is 9.78. The summed E-state index contributed by atoms with van der Waals surface area (Å²) in [6.45, 7) is 0. The number of aromatic nitrogens is 4. The second-order valence-electron chi connectivity index (χ2n) is 7.16. The summed E-state index contributed by atoms with van der Waals surface area (Å²) in [6, 6.07) is 13.3. The van der Waals surface area contributed by atoms with E-state index in [4.69, 9.17) is 4.42 Å². The molecule has 1 N–H and O–H groups in total. The predicted molar refractivity (Wildman–Crippen MR) is 117 cm³/mol. The van der Waals surface area contributed by atoms with Crippen molar-refractivity contribution in [1.29, 1.82) is 0 Å². The van der Waals surface area contributed by atoms with Gasteiger partial charge in [-0.3, -0.25) is 9.48 Å². The van der Waals surface area contributed by atoms with Gasteiger partial charge in [0, 0.05) is 37.0 Å². The van der Waals surface area contributed by atoms with Crippen LogP contribution in [0.5, 0.6) is 0 Å². The van der Waals surface area contributed by atoms with Crippen LogP contribution in [0.15, 0.2) is 70.0 Å². The number of hydrogen-bond donors (Lipinski definition) is 1. The highest BCUT2D eigenvalue weighted by Crippen LogP contribution is 2.24. The number of nitrogens with zero attached hydrogens (tertiary/aromatic N) is 4. The lowest BCUT2D eigenvalue weighted by Gasteiger charge is -2.05. The molecule has 0 fully saturated rings. The molecule has 162 valence electrons. The maximum absolute atomic E-state index is 13.2. The van der Waals surface area contributed by atoms with E-state index in [2.05, 4.69) is 15.5 Å². The molecule has 0 bridgehead atoms. The summed E-state index contributed by atoms with van der Waals surface area (Å²) >= 11 is 0. The monoisotopic (exact) mass is 433 g/mol. The smallest absolute Gasteiger partial charge is 0.392 e. The van der Waals surface area contributed by atoms with Gasteiger partial charge < -0.3 is 9.73 Å². The highest BCUT2D eigenvalue weighted by molar-refractivity contribution is 6.02. The molecule has 0 saturated carbocycles. The highest BCUT2D eigenvalue weighted by Gasteiger charge is 2.10. The van der Waals surface area contributed by atoms with Crippen molar-refractivity contribution in [2.75, 3.05) is 5.32 Å². The molecular formula is C23H20FN5O3.